The Morgan fingerprint density at radius 2 is 1.93 bits per heavy atom. The molecule has 1 aliphatic rings. The van der Waals surface area contributed by atoms with Crippen molar-refractivity contribution in [3.8, 4) is 0 Å². The quantitative estimate of drug-likeness (QED) is 0.627. The average molecular weight is 221 g/mol. The van der Waals surface area contributed by atoms with E-state index in [1.807, 2.05) is 0 Å². The summed E-state index contributed by atoms with van der Waals surface area (Å²) in [5.41, 5.74) is 5.50. The fourth-order valence-electron chi connectivity index (χ4n) is 2.61. The molecule has 0 aliphatic heterocycles. The van der Waals surface area contributed by atoms with Gasteiger partial charge in [0.05, 0.1) is 6.16 Å². The van der Waals surface area contributed by atoms with E-state index < -0.39 is 7.60 Å². The van der Waals surface area contributed by atoms with E-state index in [0.717, 1.165) is 19.3 Å². The van der Waals surface area contributed by atoms with E-state index in [9.17, 15) is 4.57 Å². The normalized spacial score (nSPS) is 32.1. The first kappa shape index (κ1) is 12.2. The summed E-state index contributed by atoms with van der Waals surface area (Å²) < 4.78 is 11.0. The molecule has 1 fully saturated rings. The zero-order valence-corrected chi connectivity index (χ0v) is 9.76. The van der Waals surface area contributed by atoms with E-state index in [2.05, 4.69) is 13.8 Å². The summed E-state index contributed by atoms with van der Waals surface area (Å²) in [5.74, 6) is 0. The number of hydrogen-bond acceptors (Lipinski definition) is 2. The molecular formula is C9H20NO3P. The van der Waals surface area contributed by atoms with Crippen molar-refractivity contribution in [2.75, 3.05) is 12.7 Å². The maximum Gasteiger partial charge on any atom is 0.326 e. The van der Waals surface area contributed by atoms with Crippen LogP contribution < -0.4 is 5.73 Å². The fraction of sp³-hybridized carbons (Fsp3) is 1.00. The minimum absolute atomic E-state index is 0.0556. The van der Waals surface area contributed by atoms with Crippen molar-refractivity contribution in [2.24, 2.45) is 16.6 Å². The van der Waals surface area contributed by atoms with Crippen LogP contribution in [-0.4, -0.2) is 22.5 Å². The van der Waals surface area contributed by atoms with Crippen LogP contribution in [0.15, 0.2) is 0 Å². The van der Waals surface area contributed by atoms with Gasteiger partial charge < -0.3 is 15.5 Å². The van der Waals surface area contributed by atoms with Gasteiger partial charge in [0.1, 0.15) is 0 Å². The van der Waals surface area contributed by atoms with Crippen molar-refractivity contribution < 1.29 is 14.4 Å². The van der Waals surface area contributed by atoms with Crippen molar-refractivity contribution in [2.45, 2.75) is 33.1 Å². The summed E-state index contributed by atoms with van der Waals surface area (Å²) >= 11 is 0. The van der Waals surface area contributed by atoms with Crippen molar-refractivity contribution in [1.82, 2.24) is 0 Å². The highest BCUT2D eigenvalue weighted by atomic mass is 31.2. The lowest BCUT2D eigenvalue weighted by atomic mass is 9.83. The summed E-state index contributed by atoms with van der Waals surface area (Å²) in [5, 5.41) is 0. The standard InChI is InChI=1S/C9H20NO3P/c1-8(2)3-4-9(5-8,6-10)7-14(11,12)13/h3-7,10H2,1-2H3,(H2,11,12,13). The molecule has 0 bridgehead atoms. The van der Waals surface area contributed by atoms with Crippen LogP contribution in [0.1, 0.15) is 33.1 Å². The van der Waals surface area contributed by atoms with Crippen LogP contribution in [0.4, 0.5) is 0 Å². The molecule has 4 nitrogen and oxygen atoms in total. The Morgan fingerprint density at radius 3 is 2.21 bits per heavy atom. The van der Waals surface area contributed by atoms with E-state index in [-0.39, 0.29) is 17.0 Å². The smallest absolute Gasteiger partial charge is 0.326 e. The van der Waals surface area contributed by atoms with E-state index in [0.29, 0.717) is 6.54 Å². The molecule has 1 atom stereocenters. The average Bonchev–Trinajstić information content (AvgIpc) is 2.24. The minimum Gasteiger partial charge on any atom is -0.330 e. The second-order valence-electron chi connectivity index (χ2n) is 5.37. The molecule has 5 heteroatoms. The summed E-state index contributed by atoms with van der Waals surface area (Å²) in [6.07, 6.45) is 2.60. The van der Waals surface area contributed by atoms with Crippen LogP contribution in [-0.2, 0) is 4.57 Å². The van der Waals surface area contributed by atoms with Crippen LogP contribution in [0.3, 0.4) is 0 Å². The van der Waals surface area contributed by atoms with Crippen molar-refractivity contribution in [3.05, 3.63) is 0 Å². The molecule has 0 aromatic rings. The molecule has 1 unspecified atom stereocenters. The lowest BCUT2D eigenvalue weighted by molar-refractivity contribution is 0.268. The Kier molecular flexibility index (Phi) is 3.13. The Labute approximate surface area is 85.0 Å². The van der Waals surface area contributed by atoms with Crippen LogP contribution in [0, 0.1) is 10.8 Å². The molecule has 0 radical (unpaired) electrons. The lowest BCUT2D eigenvalue weighted by Gasteiger charge is -2.29. The van der Waals surface area contributed by atoms with Crippen LogP contribution in [0.25, 0.3) is 0 Å². The predicted molar refractivity (Wildman–Crippen MR) is 56.0 cm³/mol. The minimum atomic E-state index is -3.93. The highest BCUT2D eigenvalue weighted by molar-refractivity contribution is 7.51. The molecule has 1 saturated carbocycles. The summed E-state index contributed by atoms with van der Waals surface area (Å²) in [6.45, 7) is 4.63. The van der Waals surface area contributed by atoms with Gasteiger partial charge in [0.15, 0.2) is 0 Å². The Hall–Kier alpha value is 0.110. The molecule has 4 N–H and O–H groups in total. The van der Waals surface area contributed by atoms with Crippen LogP contribution >= 0.6 is 7.60 Å². The fourth-order valence-corrected chi connectivity index (χ4v) is 3.88. The highest BCUT2D eigenvalue weighted by Gasteiger charge is 2.45. The molecule has 0 aromatic heterocycles. The Morgan fingerprint density at radius 1 is 1.36 bits per heavy atom. The maximum absolute atomic E-state index is 11.0. The van der Waals surface area contributed by atoms with E-state index in [1.165, 1.54) is 0 Å². The zero-order valence-electron chi connectivity index (χ0n) is 8.86. The summed E-state index contributed by atoms with van der Waals surface area (Å²) in [6, 6.07) is 0. The van der Waals surface area contributed by atoms with Crippen LogP contribution in [0.5, 0.6) is 0 Å². The molecule has 0 saturated heterocycles. The lowest BCUT2D eigenvalue weighted by Crippen LogP contribution is -2.32. The number of hydrogen-bond donors (Lipinski definition) is 3. The predicted octanol–water partition coefficient (Wildman–Crippen LogP) is 1.32. The van der Waals surface area contributed by atoms with Gasteiger partial charge in [-0.05, 0) is 36.6 Å². The number of rotatable bonds is 3. The molecule has 0 spiro atoms. The van der Waals surface area contributed by atoms with E-state index in [4.69, 9.17) is 15.5 Å². The molecule has 14 heavy (non-hydrogen) atoms. The molecule has 0 amide bonds. The molecule has 1 aliphatic carbocycles. The third-order valence-electron chi connectivity index (χ3n) is 3.16. The van der Waals surface area contributed by atoms with Gasteiger partial charge in [0.25, 0.3) is 0 Å². The molecule has 84 valence electrons. The first-order chi connectivity index (χ1) is 6.18. The van der Waals surface area contributed by atoms with Gasteiger partial charge in [-0.25, -0.2) is 0 Å². The largest absolute Gasteiger partial charge is 0.330 e. The Balaban J connectivity index is 2.76. The molecule has 0 heterocycles. The topological polar surface area (TPSA) is 83.6 Å². The number of nitrogens with two attached hydrogens (primary N) is 1. The van der Waals surface area contributed by atoms with Crippen LogP contribution in [0.2, 0.25) is 0 Å². The van der Waals surface area contributed by atoms with Crippen molar-refractivity contribution in [3.63, 3.8) is 0 Å². The summed E-state index contributed by atoms with van der Waals surface area (Å²) in [7, 11) is -3.93. The van der Waals surface area contributed by atoms with Gasteiger partial charge in [0, 0.05) is 0 Å². The first-order valence-electron chi connectivity index (χ1n) is 4.93. The van der Waals surface area contributed by atoms with E-state index in [1.54, 1.807) is 0 Å². The van der Waals surface area contributed by atoms with Gasteiger partial charge in [-0.15, -0.1) is 0 Å². The molecule has 0 aromatic carbocycles. The van der Waals surface area contributed by atoms with Gasteiger partial charge in [-0.1, -0.05) is 13.8 Å². The maximum atomic E-state index is 11.0. The molecular weight excluding hydrogens is 201 g/mol. The van der Waals surface area contributed by atoms with Gasteiger partial charge >= 0.3 is 7.60 Å². The SMILES string of the molecule is CC1(C)CCC(CN)(CP(=O)(O)O)C1. The van der Waals surface area contributed by atoms with E-state index >= 15 is 0 Å². The zero-order chi connectivity index (χ0) is 11.0. The second-order valence-corrected chi connectivity index (χ2v) is 7.01. The monoisotopic (exact) mass is 221 g/mol. The van der Waals surface area contributed by atoms with Crippen molar-refractivity contribution >= 4 is 7.60 Å². The first-order valence-corrected chi connectivity index (χ1v) is 6.73. The van der Waals surface area contributed by atoms with Gasteiger partial charge in [-0.2, -0.15) is 0 Å². The summed E-state index contributed by atoms with van der Waals surface area (Å²) in [4.78, 5) is 18.0. The Bertz CT molecular complexity index is 261. The van der Waals surface area contributed by atoms with Crippen molar-refractivity contribution in [1.29, 1.82) is 0 Å². The van der Waals surface area contributed by atoms with Gasteiger partial charge in [0.2, 0.25) is 0 Å². The third-order valence-corrected chi connectivity index (χ3v) is 4.24. The third kappa shape index (κ3) is 3.06. The van der Waals surface area contributed by atoms with Gasteiger partial charge in [-0.3, -0.25) is 4.57 Å². The molecule has 1 rings (SSSR count). The highest BCUT2D eigenvalue weighted by Crippen LogP contribution is 2.54. The second kappa shape index (κ2) is 3.60.